The Morgan fingerprint density at radius 1 is 1.50 bits per heavy atom. The lowest BCUT2D eigenvalue weighted by Gasteiger charge is -2.22. The van der Waals surface area contributed by atoms with Crippen LogP contribution in [0.3, 0.4) is 0 Å². The number of carbonyl (C=O) groups is 1. The summed E-state index contributed by atoms with van der Waals surface area (Å²) in [6, 6.07) is 6.17. The van der Waals surface area contributed by atoms with Crippen LogP contribution in [-0.4, -0.2) is 41.5 Å². The molecule has 0 radical (unpaired) electrons. The van der Waals surface area contributed by atoms with E-state index >= 15 is 0 Å². The molecule has 2 rings (SSSR count). The van der Waals surface area contributed by atoms with Crippen LogP contribution < -0.4 is 5.32 Å². The summed E-state index contributed by atoms with van der Waals surface area (Å²) in [7, 11) is 1.87. The van der Waals surface area contributed by atoms with E-state index in [1.54, 1.807) is 11.8 Å². The predicted octanol–water partition coefficient (Wildman–Crippen LogP) is 1.54. The first kappa shape index (κ1) is 13.4. The van der Waals surface area contributed by atoms with Crippen molar-refractivity contribution in [2.75, 3.05) is 25.6 Å². The Morgan fingerprint density at radius 2 is 2.28 bits per heavy atom. The van der Waals surface area contributed by atoms with E-state index in [-0.39, 0.29) is 17.9 Å². The maximum absolute atomic E-state index is 11.6. The molecule has 1 amide bonds. The second kappa shape index (κ2) is 5.73. The van der Waals surface area contributed by atoms with E-state index in [0.717, 1.165) is 23.5 Å². The minimum absolute atomic E-state index is 0.0242. The Bertz CT molecular complexity index is 451. The molecule has 1 atom stereocenters. The predicted molar refractivity (Wildman–Crippen MR) is 73.8 cm³/mol. The number of thioether (sulfide) groups is 1. The van der Waals surface area contributed by atoms with Crippen LogP contribution in [0.2, 0.25) is 0 Å². The van der Waals surface area contributed by atoms with Gasteiger partial charge in [-0.2, -0.15) is 0 Å². The third kappa shape index (κ3) is 3.04. The maximum Gasteiger partial charge on any atom is 0.237 e. The first-order chi connectivity index (χ1) is 8.60. The van der Waals surface area contributed by atoms with Gasteiger partial charge >= 0.3 is 0 Å². The third-order valence-corrected chi connectivity index (χ3v) is 4.18. The van der Waals surface area contributed by atoms with E-state index in [0.29, 0.717) is 0 Å². The number of rotatable bonds is 4. The fourth-order valence-corrected chi connectivity index (χ4v) is 2.73. The lowest BCUT2D eigenvalue weighted by Crippen LogP contribution is -2.26. The maximum atomic E-state index is 11.6. The smallest absolute Gasteiger partial charge is 0.237 e. The summed E-state index contributed by atoms with van der Waals surface area (Å²) in [6.45, 7) is 2.77. The van der Waals surface area contributed by atoms with E-state index in [9.17, 15) is 4.79 Å². The van der Waals surface area contributed by atoms with Gasteiger partial charge in [0, 0.05) is 11.4 Å². The quantitative estimate of drug-likeness (QED) is 0.812. The molecular weight excluding hydrogens is 248 g/mol. The Labute approximate surface area is 111 Å². The molecule has 1 aliphatic rings. The molecule has 0 saturated heterocycles. The lowest BCUT2D eigenvalue weighted by molar-refractivity contribution is -0.115. The molecule has 0 spiro atoms. The molecule has 4 nitrogen and oxygen atoms in total. The number of benzene rings is 1. The average molecular weight is 266 g/mol. The second-order valence-corrected chi connectivity index (χ2v) is 5.93. The molecule has 1 aromatic rings. The van der Waals surface area contributed by atoms with Crippen LogP contribution in [0.25, 0.3) is 0 Å². The van der Waals surface area contributed by atoms with Gasteiger partial charge in [0.15, 0.2) is 0 Å². The van der Waals surface area contributed by atoms with Crippen LogP contribution in [0, 0.1) is 0 Å². The number of anilines is 1. The van der Waals surface area contributed by atoms with Crippen LogP contribution in [-0.2, 0) is 11.2 Å². The summed E-state index contributed by atoms with van der Waals surface area (Å²) in [5.41, 5.74) is 2.08. The van der Waals surface area contributed by atoms with Crippen LogP contribution >= 0.6 is 11.8 Å². The third-order valence-electron chi connectivity index (χ3n) is 3.00. The Kier molecular flexibility index (Phi) is 4.27. The average Bonchev–Trinajstić information content (AvgIpc) is 2.37. The molecule has 2 N–H and O–H groups in total. The molecule has 98 valence electrons. The van der Waals surface area contributed by atoms with Crippen LogP contribution in [0.5, 0.6) is 0 Å². The number of aliphatic hydroxyl groups is 1. The summed E-state index contributed by atoms with van der Waals surface area (Å²) in [6.07, 6.45) is 0.862. The SMILES string of the molecule is CC1Sc2ccc(CCN(C)CO)cc2NC1=O. The van der Waals surface area contributed by atoms with Gasteiger partial charge < -0.3 is 10.4 Å². The summed E-state index contributed by atoms with van der Waals surface area (Å²) >= 11 is 1.60. The van der Waals surface area contributed by atoms with Crippen molar-refractivity contribution in [2.45, 2.75) is 23.5 Å². The summed E-state index contributed by atoms with van der Waals surface area (Å²) in [5, 5.41) is 11.8. The number of carbonyl (C=O) groups excluding carboxylic acids is 1. The van der Waals surface area contributed by atoms with Gasteiger partial charge in [-0.3, -0.25) is 9.69 Å². The fraction of sp³-hybridized carbons (Fsp3) is 0.462. The van der Waals surface area contributed by atoms with E-state index in [1.165, 1.54) is 5.56 Å². The Balaban J connectivity index is 2.08. The number of hydrogen-bond acceptors (Lipinski definition) is 4. The minimum Gasteiger partial charge on any atom is -0.381 e. The fourth-order valence-electron chi connectivity index (χ4n) is 1.80. The molecular formula is C13H18N2O2S. The minimum atomic E-state index is -0.0242. The molecule has 0 fully saturated rings. The number of fused-ring (bicyclic) bond motifs is 1. The van der Waals surface area contributed by atoms with Gasteiger partial charge in [-0.1, -0.05) is 6.07 Å². The van der Waals surface area contributed by atoms with Crippen LogP contribution in [0.15, 0.2) is 23.1 Å². The summed E-state index contributed by atoms with van der Waals surface area (Å²) in [4.78, 5) is 14.6. The monoisotopic (exact) mass is 266 g/mol. The van der Waals surface area contributed by atoms with Crippen molar-refractivity contribution in [3.8, 4) is 0 Å². The standard InChI is InChI=1S/C13H18N2O2S/c1-9-13(17)14-11-7-10(3-4-12(11)18-9)5-6-15(2)8-16/h3-4,7,9,16H,5-6,8H2,1-2H3,(H,14,17). The highest BCUT2D eigenvalue weighted by atomic mass is 32.2. The second-order valence-electron chi connectivity index (χ2n) is 4.55. The van der Waals surface area contributed by atoms with Crippen LogP contribution in [0.1, 0.15) is 12.5 Å². The van der Waals surface area contributed by atoms with Crippen molar-refractivity contribution in [3.05, 3.63) is 23.8 Å². The molecule has 1 aliphatic heterocycles. The van der Waals surface area contributed by atoms with Crippen molar-refractivity contribution < 1.29 is 9.90 Å². The summed E-state index contributed by atoms with van der Waals surface area (Å²) in [5.74, 6) is 0.0668. The van der Waals surface area contributed by atoms with Gasteiger partial charge in [0.05, 0.1) is 17.7 Å². The Morgan fingerprint density at radius 3 is 3.00 bits per heavy atom. The molecule has 0 aromatic heterocycles. The molecule has 5 heteroatoms. The zero-order valence-electron chi connectivity index (χ0n) is 10.6. The van der Waals surface area contributed by atoms with Gasteiger partial charge in [-0.25, -0.2) is 0 Å². The summed E-state index contributed by atoms with van der Waals surface area (Å²) < 4.78 is 0. The normalized spacial score (nSPS) is 18.7. The van der Waals surface area contributed by atoms with Gasteiger partial charge in [0.1, 0.15) is 0 Å². The zero-order valence-corrected chi connectivity index (χ0v) is 11.5. The van der Waals surface area contributed by atoms with Crippen LogP contribution in [0.4, 0.5) is 5.69 Å². The zero-order chi connectivity index (χ0) is 13.1. The first-order valence-electron chi connectivity index (χ1n) is 6.00. The van der Waals surface area contributed by atoms with Crippen molar-refractivity contribution in [3.63, 3.8) is 0 Å². The highest BCUT2D eigenvalue weighted by Crippen LogP contribution is 2.35. The van der Waals surface area contributed by atoms with Gasteiger partial charge in [-0.15, -0.1) is 11.8 Å². The molecule has 1 aromatic carbocycles. The first-order valence-corrected chi connectivity index (χ1v) is 6.88. The largest absolute Gasteiger partial charge is 0.381 e. The molecule has 0 bridgehead atoms. The molecule has 0 saturated carbocycles. The number of amides is 1. The van der Waals surface area contributed by atoms with E-state index in [1.807, 2.05) is 24.9 Å². The number of aliphatic hydroxyl groups excluding tert-OH is 1. The molecule has 1 unspecified atom stereocenters. The van der Waals surface area contributed by atoms with Gasteiger partial charge in [-0.05, 0) is 38.1 Å². The molecule has 18 heavy (non-hydrogen) atoms. The number of likely N-dealkylation sites (N-methyl/N-ethyl adjacent to an activating group) is 1. The number of hydrogen-bond donors (Lipinski definition) is 2. The number of nitrogens with one attached hydrogen (secondary N) is 1. The van der Waals surface area contributed by atoms with Crippen molar-refractivity contribution in [2.24, 2.45) is 0 Å². The Hall–Kier alpha value is -1.04. The van der Waals surface area contributed by atoms with Crippen molar-refractivity contribution in [1.82, 2.24) is 4.90 Å². The highest BCUT2D eigenvalue weighted by Gasteiger charge is 2.22. The lowest BCUT2D eigenvalue weighted by atomic mass is 10.1. The van der Waals surface area contributed by atoms with E-state index < -0.39 is 0 Å². The molecule has 1 heterocycles. The van der Waals surface area contributed by atoms with E-state index in [2.05, 4.69) is 17.4 Å². The highest BCUT2D eigenvalue weighted by molar-refractivity contribution is 8.00. The van der Waals surface area contributed by atoms with Crippen molar-refractivity contribution >= 4 is 23.4 Å². The molecule has 0 aliphatic carbocycles. The van der Waals surface area contributed by atoms with Crippen molar-refractivity contribution in [1.29, 1.82) is 0 Å². The van der Waals surface area contributed by atoms with Gasteiger partial charge in [0.2, 0.25) is 5.91 Å². The van der Waals surface area contributed by atoms with E-state index in [4.69, 9.17) is 5.11 Å². The topological polar surface area (TPSA) is 52.6 Å². The number of nitrogens with zero attached hydrogens (tertiary/aromatic N) is 1. The van der Waals surface area contributed by atoms with Gasteiger partial charge in [0.25, 0.3) is 0 Å².